The molecule has 1 atom stereocenters. The largest absolute Gasteiger partial charge is 0.497 e. The maximum atomic E-state index is 12.0. The second kappa shape index (κ2) is 7.64. The van der Waals surface area contributed by atoms with Crippen LogP contribution in [-0.4, -0.2) is 32.3 Å². The summed E-state index contributed by atoms with van der Waals surface area (Å²) in [5, 5.41) is 4.07. The van der Waals surface area contributed by atoms with E-state index in [1.54, 1.807) is 20.3 Å². The first-order valence-corrected chi connectivity index (χ1v) is 9.30. The molecule has 3 aromatic rings. The van der Waals surface area contributed by atoms with Crippen LogP contribution in [0.15, 0.2) is 48.7 Å². The molecule has 6 nitrogen and oxygen atoms in total. The molecule has 0 bridgehead atoms. The minimum Gasteiger partial charge on any atom is -0.497 e. The molecule has 1 unspecified atom stereocenters. The van der Waals surface area contributed by atoms with Gasteiger partial charge in [0.05, 0.1) is 32.9 Å². The lowest BCUT2D eigenvalue weighted by molar-refractivity contribution is 0.0600. The molecule has 2 aromatic carbocycles. The molecule has 0 radical (unpaired) electrons. The summed E-state index contributed by atoms with van der Waals surface area (Å²) in [6.07, 6.45) is 1.49. The highest BCUT2D eigenvalue weighted by Gasteiger charge is 2.32. The van der Waals surface area contributed by atoms with Gasteiger partial charge in [-0.1, -0.05) is 29.8 Å². The van der Waals surface area contributed by atoms with E-state index in [1.165, 1.54) is 13.3 Å². The molecule has 1 aromatic heterocycles. The van der Waals surface area contributed by atoms with Crippen LogP contribution in [0, 0.1) is 0 Å². The van der Waals surface area contributed by atoms with Gasteiger partial charge in [0, 0.05) is 28.4 Å². The Hall–Kier alpha value is -3.25. The van der Waals surface area contributed by atoms with Crippen molar-refractivity contribution in [2.24, 2.45) is 0 Å². The Balaban J connectivity index is 2.00. The van der Waals surface area contributed by atoms with Gasteiger partial charge in [0.25, 0.3) is 0 Å². The van der Waals surface area contributed by atoms with Crippen LogP contribution < -0.4 is 14.8 Å². The summed E-state index contributed by atoms with van der Waals surface area (Å²) in [6, 6.07) is 12.8. The number of pyridine rings is 1. The zero-order valence-corrected chi connectivity index (χ0v) is 16.9. The van der Waals surface area contributed by atoms with Gasteiger partial charge in [0.1, 0.15) is 17.3 Å². The van der Waals surface area contributed by atoms with E-state index in [-0.39, 0.29) is 6.04 Å². The van der Waals surface area contributed by atoms with Crippen molar-refractivity contribution in [2.75, 3.05) is 26.6 Å². The highest BCUT2D eigenvalue weighted by molar-refractivity contribution is 6.31. The highest BCUT2D eigenvalue weighted by Crippen LogP contribution is 2.49. The van der Waals surface area contributed by atoms with Crippen molar-refractivity contribution < 1.29 is 19.0 Å². The van der Waals surface area contributed by atoms with Gasteiger partial charge in [0.2, 0.25) is 0 Å². The van der Waals surface area contributed by atoms with E-state index in [1.807, 2.05) is 36.4 Å². The number of nitrogens with zero attached hydrogens (tertiary/aromatic N) is 1. The molecule has 0 aliphatic carbocycles. The van der Waals surface area contributed by atoms with Crippen molar-refractivity contribution in [1.82, 2.24) is 4.98 Å². The Labute approximate surface area is 173 Å². The third-order valence-corrected chi connectivity index (χ3v) is 5.30. The molecule has 0 fully saturated rings. The van der Waals surface area contributed by atoms with Gasteiger partial charge >= 0.3 is 5.97 Å². The molecule has 7 heteroatoms. The van der Waals surface area contributed by atoms with Crippen LogP contribution in [0.2, 0.25) is 5.02 Å². The van der Waals surface area contributed by atoms with Crippen LogP contribution in [0.25, 0.3) is 11.1 Å². The van der Waals surface area contributed by atoms with Crippen LogP contribution in [0.5, 0.6) is 11.5 Å². The first-order chi connectivity index (χ1) is 14.1. The number of ether oxygens (including phenoxy) is 3. The van der Waals surface area contributed by atoms with Gasteiger partial charge in [-0.2, -0.15) is 0 Å². The summed E-state index contributed by atoms with van der Waals surface area (Å²) in [6.45, 7) is 0. The highest BCUT2D eigenvalue weighted by atomic mass is 35.5. The molecular weight excluding hydrogens is 392 g/mol. The molecule has 148 valence electrons. The summed E-state index contributed by atoms with van der Waals surface area (Å²) < 4.78 is 16.0. The first kappa shape index (κ1) is 19.1. The number of carbonyl (C=O) groups excluding carboxylic acids is 1. The van der Waals surface area contributed by atoms with Crippen LogP contribution in [0.1, 0.15) is 27.5 Å². The molecule has 4 rings (SSSR count). The van der Waals surface area contributed by atoms with E-state index in [4.69, 9.17) is 25.8 Å². The lowest BCUT2D eigenvalue weighted by Gasteiger charge is -2.31. The molecule has 0 saturated heterocycles. The Morgan fingerprint density at radius 1 is 1.07 bits per heavy atom. The van der Waals surface area contributed by atoms with E-state index in [9.17, 15) is 4.79 Å². The summed E-state index contributed by atoms with van der Waals surface area (Å²) in [4.78, 5) is 16.5. The van der Waals surface area contributed by atoms with Crippen molar-refractivity contribution in [3.63, 3.8) is 0 Å². The second-order valence-corrected chi connectivity index (χ2v) is 6.91. The lowest BCUT2D eigenvalue weighted by Crippen LogP contribution is -2.21. The Kier molecular flexibility index (Phi) is 5.03. The van der Waals surface area contributed by atoms with Crippen LogP contribution in [0.3, 0.4) is 0 Å². The zero-order valence-electron chi connectivity index (χ0n) is 16.2. The van der Waals surface area contributed by atoms with Gasteiger partial charge in [-0.05, 0) is 29.3 Å². The normalized spacial score (nSPS) is 14.3. The average Bonchev–Trinajstić information content (AvgIpc) is 2.77. The number of nitrogens with one attached hydrogen (secondary N) is 1. The molecule has 29 heavy (non-hydrogen) atoms. The number of anilines is 1. The number of rotatable bonds is 4. The van der Waals surface area contributed by atoms with Crippen LogP contribution >= 0.6 is 11.6 Å². The van der Waals surface area contributed by atoms with Crippen molar-refractivity contribution >= 4 is 23.4 Å². The standard InChI is InChI=1S/C22H19ClN2O4/c1-27-13-9-15-16-8-12(22(26)29-3)11-24-21(16)25-20(19(15)18(10-13)28-2)14-6-4-5-7-17(14)23/h4-11,20H,1-3H3,(H,24,25). The monoisotopic (exact) mass is 410 g/mol. The number of esters is 1. The topological polar surface area (TPSA) is 69.7 Å². The van der Waals surface area contributed by atoms with Crippen molar-refractivity contribution in [2.45, 2.75) is 6.04 Å². The minimum absolute atomic E-state index is 0.288. The van der Waals surface area contributed by atoms with E-state index >= 15 is 0 Å². The van der Waals surface area contributed by atoms with Crippen molar-refractivity contribution in [3.05, 3.63) is 70.4 Å². The number of fused-ring (bicyclic) bond motifs is 3. The smallest absolute Gasteiger partial charge is 0.339 e. The van der Waals surface area contributed by atoms with E-state index in [0.29, 0.717) is 27.9 Å². The fraction of sp³-hybridized carbons (Fsp3) is 0.182. The molecule has 0 amide bonds. The Morgan fingerprint density at radius 2 is 1.86 bits per heavy atom. The molecule has 1 aliphatic heterocycles. The summed E-state index contributed by atoms with van der Waals surface area (Å²) in [7, 11) is 4.54. The SMILES string of the molecule is COC(=O)c1cnc2c(c1)-c1cc(OC)cc(OC)c1C(c1ccccc1Cl)N2. The molecule has 0 spiro atoms. The maximum Gasteiger partial charge on any atom is 0.339 e. The quantitative estimate of drug-likeness (QED) is 0.627. The number of methoxy groups -OCH3 is 3. The predicted octanol–water partition coefficient (Wildman–Crippen LogP) is 4.72. The van der Waals surface area contributed by atoms with Gasteiger partial charge in [0.15, 0.2) is 0 Å². The summed E-state index contributed by atoms with van der Waals surface area (Å²) in [5.41, 5.74) is 3.74. The Bertz CT molecular complexity index is 1100. The zero-order chi connectivity index (χ0) is 20.5. The lowest BCUT2D eigenvalue weighted by atomic mass is 9.86. The van der Waals surface area contributed by atoms with E-state index in [2.05, 4.69) is 10.3 Å². The molecule has 2 heterocycles. The number of hydrogen-bond acceptors (Lipinski definition) is 6. The first-order valence-electron chi connectivity index (χ1n) is 8.93. The van der Waals surface area contributed by atoms with Gasteiger partial charge in [-0.25, -0.2) is 9.78 Å². The maximum absolute atomic E-state index is 12.0. The third kappa shape index (κ3) is 3.25. The number of aromatic nitrogens is 1. The van der Waals surface area contributed by atoms with Crippen molar-refractivity contribution in [3.8, 4) is 22.6 Å². The number of benzene rings is 2. The predicted molar refractivity (Wildman–Crippen MR) is 111 cm³/mol. The second-order valence-electron chi connectivity index (χ2n) is 6.50. The molecule has 0 saturated carbocycles. The van der Waals surface area contributed by atoms with E-state index < -0.39 is 5.97 Å². The van der Waals surface area contributed by atoms with Crippen molar-refractivity contribution in [1.29, 1.82) is 0 Å². The number of carbonyl (C=O) groups is 1. The van der Waals surface area contributed by atoms with Gasteiger partial charge in [-0.15, -0.1) is 0 Å². The Morgan fingerprint density at radius 3 is 2.55 bits per heavy atom. The van der Waals surface area contributed by atoms with Crippen LogP contribution in [0.4, 0.5) is 5.82 Å². The molecule has 1 N–H and O–H groups in total. The summed E-state index contributed by atoms with van der Waals surface area (Å²) >= 11 is 6.50. The van der Waals surface area contributed by atoms with E-state index in [0.717, 1.165) is 22.3 Å². The molecular formula is C22H19ClN2O4. The van der Waals surface area contributed by atoms with Gasteiger partial charge in [-0.3, -0.25) is 0 Å². The average molecular weight is 411 g/mol. The molecule has 1 aliphatic rings. The fourth-order valence-corrected chi connectivity index (χ4v) is 3.82. The number of hydrogen-bond donors (Lipinski definition) is 1. The minimum atomic E-state index is -0.454. The third-order valence-electron chi connectivity index (χ3n) is 4.96. The van der Waals surface area contributed by atoms with Crippen LogP contribution in [-0.2, 0) is 4.74 Å². The fourth-order valence-electron chi connectivity index (χ4n) is 3.57. The van der Waals surface area contributed by atoms with Gasteiger partial charge < -0.3 is 19.5 Å². The summed E-state index contributed by atoms with van der Waals surface area (Å²) in [5.74, 6) is 1.45. The number of halogens is 1.